The van der Waals surface area contributed by atoms with Crippen LogP contribution in [0.15, 0.2) is 24.3 Å². The number of aryl methyl sites for hydroxylation is 1. The topological polar surface area (TPSA) is 84.1 Å². The highest BCUT2D eigenvalue weighted by Crippen LogP contribution is 2.16. The van der Waals surface area contributed by atoms with Gasteiger partial charge >= 0.3 is 6.09 Å². The van der Waals surface area contributed by atoms with Gasteiger partial charge in [-0.25, -0.2) is 9.78 Å². The van der Waals surface area contributed by atoms with Crippen LogP contribution in [-0.4, -0.2) is 33.5 Å². The maximum Gasteiger partial charge on any atom is 0.408 e. The minimum Gasteiger partial charge on any atom is -0.444 e. The van der Waals surface area contributed by atoms with Gasteiger partial charge in [-0.15, -0.1) is 0 Å². The van der Waals surface area contributed by atoms with Gasteiger partial charge in [-0.2, -0.15) is 0 Å². The lowest BCUT2D eigenvalue weighted by Crippen LogP contribution is -2.49. The van der Waals surface area contributed by atoms with Crippen LogP contribution in [0.1, 0.15) is 39.9 Å². The van der Waals surface area contributed by atoms with Gasteiger partial charge in [0.05, 0.1) is 16.6 Å². The summed E-state index contributed by atoms with van der Waals surface area (Å²) in [5.41, 5.74) is 0.235. The molecule has 0 fully saturated rings. The van der Waals surface area contributed by atoms with Crippen LogP contribution in [0.3, 0.4) is 0 Å². The molecular formula is C17H23N3O3. The number of para-hydroxylation sites is 2. The maximum absolute atomic E-state index is 11.9. The van der Waals surface area contributed by atoms with E-state index in [1.54, 1.807) is 27.7 Å². The molecule has 6 heteroatoms. The van der Waals surface area contributed by atoms with E-state index in [2.05, 4.69) is 15.3 Å². The summed E-state index contributed by atoms with van der Waals surface area (Å²) < 4.78 is 5.20. The number of rotatable bonds is 5. The van der Waals surface area contributed by atoms with Gasteiger partial charge in [0.25, 0.3) is 0 Å². The Hall–Kier alpha value is -2.37. The fraction of sp³-hybridized carbons (Fsp3) is 0.471. The Morgan fingerprint density at radius 1 is 1.30 bits per heavy atom. The van der Waals surface area contributed by atoms with Crippen LogP contribution in [0.5, 0.6) is 0 Å². The quantitative estimate of drug-likeness (QED) is 0.830. The number of ether oxygens (including phenoxy) is 1. The van der Waals surface area contributed by atoms with Crippen molar-refractivity contribution in [2.45, 2.75) is 51.7 Å². The van der Waals surface area contributed by atoms with Crippen LogP contribution in [-0.2, 0) is 16.0 Å². The molecule has 6 nitrogen and oxygen atoms in total. The lowest BCUT2D eigenvalue weighted by atomic mass is 9.98. The second kappa shape index (κ2) is 6.40. The summed E-state index contributed by atoms with van der Waals surface area (Å²) in [5.74, 6) is 0.783. The molecule has 0 aliphatic heterocycles. The third-order valence-corrected chi connectivity index (χ3v) is 3.37. The smallest absolute Gasteiger partial charge is 0.408 e. The number of H-pyrrole nitrogens is 1. The summed E-state index contributed by atoms with van der Waals surface area (Å²) in [5, 5.41) is 2.63. The van der Waals surface area contributed by atoms with Gasteiger partial charge in [0.15, 0.2) is 0 Å². The van der Waals surface area contributed by atoms with Crippen molar-refractivity contribution in [1.82, 2.24) is 15.3 Å². The Morgan fingerprint density at radius 3 is 2.61 bits per heavy atom. The fourth-order valence-electron chi connectivity index (χ4n) is 2.19. The number of benzene rings is 1. The Kier molecular flexibility index (Phi) is 4.73. The minimum absolute atomic E-state index is 0.426. The minimum atomic E-state index is -0.999. The predicted octanol–water partition coefficient (Wildman–Crippen LogP) is 2.98. The first-order chi connectivity index (χ1) is 10.7. The largest absolute Gasteiger partial charge is 0.444 e. The van der Waals surface area contributed by atoms with Crippen molar-refractivity contribution in [2.75, 3.05) is 0 Å². The number of fused-ring (bicyclic) bond motifs is 1. The Bertz CT molecular complexity index is 669. The Morgan fingerprint density at radius 2 is 2.00 bits per heavy atom. The lowest BCUT2D eigenvalue weighted by Gasteiger charge is -2.27. The van der Waals surface area contributed by atoms with Crippen molar-refractivity contribution in [2.24, 2.45) is 0 Å². The van der Waals surface area contributed by atoms with Gasteiger partial charge in [-0.1, -0.05) is 12.1 Å². The third kappa shape index (κ3) is 4.81. The van der Waals surface area contributed by atoms with Gasteiger partial charge in [0.2, 0.25) is 0 Å². The SMILES string of the molecule is CC(C=O)(CCc1nc2ccccc2[nH]1)NC(=O)OC(C)(C)C. The number of aldehydes is 1. The molecule has 1 unspecified atom stereocenters. The molecule has 0 spiro atoms. The number of hydrogen-bond donors (Lipinski definition) is 2. The normalized spacial score (nSPS) is 14.3. The van der Waals surface area contributed by atoms with E-state index in [0.29, 0.717) is 12.8 Å². The van der Waals surface area contributed by atoms with Crippen LogP contribution in [0, 0.1) is 0 Å². The zero-order valence-corrected chi connectivity index (χ0v) is 14.0. The van der Waals surface area contributed by atoms with E-state index in [0.717, 1.165) is 23.1 Å². The molecule has 2 N–H and O–H groups in total. The molecule has 0 aliphatic rings. The molecule has 1 heterocycles. The van der Waals surface area contributed by atoms with Crippen LogP contribution < -0.4 is 5.32 Å². The molecule has 0 radical (unpaired) electrons. The molecule has 2 rings (SSSR count). The fourth-order valence-corrected chi connectivity index (χ4v) is 2.19. The van der Waals surface area contributed by atoms with Crippen molar-refractivity contribution >= 4 is 23.4 Å². The van der Waals surface area contributed by atoms with Crippen LogP contribution >= 0.6 is 0 Å². The monoisotopic (exact) mass is 317 g/mol. The molecule has 1 aromatic heterocycles. The highest BCUT2D eigenvalue weighted by Gasteiger charge is 2.28. The molecule has 124 valence electrons. The summed E-state index contributed by atoms with van der Waals surface area (Å²) in [6.45, 7) is 7.00. The maximum atomic E-state index is 11.9. The first-order valence-electron chi connectivity index (χ1n) is 7.62. The molecule has 23 heavy (non-hydrogen) atoms. The summed E-state index contributed by atoms with van der Waals surface area (Å²) >= 11 is 0. The van der Waals surface area contributed by atoms with E-state index in [-0.39, 0.29) is 0 Å². The van der Waals surface area contributed by atoms with Gasteiger partial charge in [0, 0.05) is 6.42 Å². The van der Waals surface area contributed by atoms with Crippen molar-refractivity contribution in [3.05, 3.63) is 30.1 Å². The standard InChI is InChI=1S/C17H23N3O3/c1-16(2,3)23-15(22)20-17(4,11-21)10-9-14-18-12-7-5-6-8-13(12)19-14/h5-8,11H,9-10H2,1-4H3,(H,18,19)(H,20,22). The van der Waals surface area contributed by atoms with E-state index in [1.807, 2.05) is 24.3 Å². The number of hydrogen-bond acceptors (Lipinski definition) is 4. The molecule has 0 saturated carbocycles. The number of aromatic nitrogens is 2. The number of aromatic amines is 1. The van der Waals surface area contributed by atoms with Gasteiger partial charge < -0.3 is 19.8 Å². The van der Waals surface area contributed by atoms with E-state index in [1.165, 1.54) is 0 Å². The second-order valence-electron chi connectivity index (χ2n) is 6.86. The van der Waals surface area contributed by atoms with Gasteiger partial charge in [-0.05, 0) is 46.2 Å². The lowest BCUT2D eigenvalue weighted by molar-refractivity contribution is -0.113. The highest BCUT2D eigenvalue weighted by molar-refractivity contribution is 5.76. The van der Waals surface area contributed by atoms with E-state index < -0.39 is 17.2 Å². The highest BCUT2D eigenvalue weighted by atomic mass is 16.6. The van der Waals surface area contributed by atoms with Gasteiger partial charge in [-0.3, -0.25) is 0 Å². The molecule has 2 aromatic rings. The Labute approximate surface area is 135 Å². The van der Waals surface area contributed by atoms with E-state index in [9.17, 15) is 9.59 Å². The average molecular weight is 317 g/mol. The van der Waals surface area contributed by atoms with Crippen molar-refractivity contribution in [1.29, 1.82) is 0 Å². The molecule has 0 aliphatic carbocycles. The number of nitrogens with zero attached hydrogens (tertiary/aromatic N) is 1. The number of amides is 1. The van der Waals surface area contributed by atoms with Crippen LogP contribution in [0.2, 0.25) is 0 Å². The summed E-state index contributed by atoms with van der Waals surface area (Å²) in [7, 11) is 0. The van der Waals surface area contributed by atoms with E-state index in [4.69, 9.17) is 4.74 Å². The molecule has 1 aromatic carbocycles. The third-order valence-electron chi connectivity index (χ3n) is 3.37. The predicted molar refractivity (Wildman–Crippen MR) is 88.3 cm³/mol. The van der Waals surface area contributed by atoms with Crippen molar-refractivity contribution in [3.63, 3.8) is 0 Å². The molecule has 1 amide bonds. The summed E-state index contributed by atoms with van der Waals surface area (Å²) in [6.07, 6.45) is 1.10. The van der Waals surface area contributed by atoms with E-state index >= 15 is 0 Å². The van der Waals surface area contributed by atoms with Crippen LogP contribution in [0.4, 0.5) is 4.79 Å². The number of nitrogens with one attached hydrogen (secondary N) is 2. The molecule has 0 bridgehead atoms. The number of imidazole rings is 1. The van der Waals surface area contributed by atoms with Crippen molar-refractivity contribution < 1.29 is 14.3 Å². The first-order valence-corrected chi connectivity index (χ1v) is 7.62. The zero-order chi connectivity index (χ0) is 17.1. The number of carbonyl (C=O) groups excluding carboxylic acids is 2. The molecular weight excluding hydrogens is 294 g/mol. The summed E-state index contributed by atoms with van der Waals surface area (Å²) in [6, 6.07) is 7.73. The molecule has 1 atom stereocenters. The zero-order valence-electron chi connectivity index (χ0n) is 14.0. The van der Waals surface area contributed by atoms with Gasteiger partial charge in [0.1, 0.15) is 17.7 Å². The number of carbonyl (C=O) groups is 2. The molecule has 0 saturated heterocycles. The Balaban J connectivity index is 2.00. The first kappa shape index (κ1) is 17.0. The average Bonchev–Trinajstić information content (AvgIpc) is 2.86. The van der Waals surface area contributed by atoms with Crippen molar-refractivity contribution in [3.8, 4) is 0 Å². The number of alkyl carbamates (subject to hydrolysis) is 1. The van der Waals surface area contributed by atoms with Crippen LogP contribution in [0.25, 0.3) is 11.0 Å². The summed E-state index contributed by atoms with van der Waals surface area (Å²) in [4.78, 5) is 31.0. The second-order valence-corrected chi connectivity index (χ2v) is 6.86.